The predicted molar refractivity (Wildman–Crippen MR) is 80.4 cm³/mol. The summed E-state index contributed by atoms with van der Waals surface area (Å²) in [6, 6.07) is 10.6. The molecular formula is C16H18N2O3. The van der Waals surface area contributed by atoms with E-state index in [2.05, 4.69) is 5.32 Å². The smallest absolute Gasteiger partial charge is 0.257 e. The summed E-state index contributed by atoms with van der Waals surface area (Å²) in [7, 11) is 1.65. The van der Waals surface area contributed by atoms with Crippen molar-refractivity contribution in [3.05, 3.63) is 42.0 Å². The van der Waals surface area contributed by atoms with Gasteiger partial charge in [0.05, 0.1) is 17.7 Å². The Bertz CT molecular complexity index is 686. The third-order valence-electron chi connectivity index (χ3n) is 4.10. The first-order valence-corrected chi connectivity index (χ1v) is 6.96. The number of hydrogen-bond acceptors (Lipinski definition) is 4. The monoisotopic (exact) mass is 286 g/mol. The van der Waals surface area contributed by atoms with Crippen molar-refractivity contribution >= 4 is 16.7 Å². The zero-order chi connectivity index (χ0) is 15.0. The summed E-state index contributed by atoms with van der Waals surface area (Å²) in [6.07, 6.45) is -0.582. The molecule has 0 unspecified atom stereocenters. The minimum absolute atomic E-state index is 0.00889. The molecule has 0 bridgehead atoms. The second-order valence-electron chi connectivity index (χ2n) is 5.39. The SMILES string of the molecule is CN(C(=O)c1ccc2ccccc2c1O)[C@@H]1CNC[C@H]1O. The summed E-state index contributed by atoms with van der Waals surface area (Å²) in [6.45, 7) is 1.03. The number of carbonyl (C=O) groups excluding carboxylic acids is 1. The van der Waals surface area contributed by atoms with Crippen molar-refractivity contribution in [2.24, 2.45) is 0 Å². The van der Waals surface area contributed by atoms with Crippen LogP contribution < -0.4 is 5.32 Å². The molecule has 1 aliphatic rings. The lowest BCUT2D eigenvalue weighted by Crippen LogP contribution is -2.44. The van der Waals surface area contributed by atoms with Crippen LogP contribution in [0.1, 0.15) is 10.4 Å². The Kier molecular flexibility index (Phi) is 3.53. The Morgan fingerprint density at radius 2 is 2.00 bits per heavy atom. The van der Waals surface area contributed by atoms with Gasteiger partial charge in [-0.3, -0.25) is 4.79 Å². The summed E-state index contributed by atoms with van der Waals surface area (Å²) in [5, 5.41) is 24.8. The van der Waals surface area contributed by atoms with E-state index in [0.29, 0.717) is 18.5 Å². The normalized spacial score (nSPS) is 21.6. The Labute approximate surface area is 122 Å². The highest BCUT2D eigenvalue weighted by Gasteiger charge is 2.32. The second-order valence-corrected chi connectivity index (χ2v) is 5.39. The van der Waals surface area contributed by atoms with Gasteiger partial charge in [-0.25, -0.2) is 0 Å². The topological polar surface area (TPSA) is 72.8 Å². The lowest BCUT2D eigenvalue weighted by atomic mass is 10.0. The molecule has 5 heteroatoms. The predicted octanol–water partition coefficient (Wildman–Crippen LogP) is 0.950. The Morgan fingerprint density at radius 3 is 2.71 bits per heavy atom. The van der Waals surface area contributed by atoms with E-state index in [9.17, 15) is 15.0 Å². The van der Waals surface area contributed by atoms with Gasteiger partial charge in [0.25, 0.3) is 5.91 Å². The highest BCUT2D eigenvalue weighted by atomic mass is 16.3. The van der Waals surface area contributed by atoms with Gasteiger partial charge in [-0.15, -0.1) is 0 Å². The number of phenolic OH excluding ortho intramolecular Hbond substituents is 1. The van der Waals surface area contributed by atoms with E-state index in [-0.39, 0.29) is 23.3 Å². The fourth-order valence-corrected chi connectivity index (χ4v) is 2.81. The molecular weight excluding hydrogens is 268 g/mol. The molecule has 1 amide bonds. The Hall–Kier alpha value is -2.11. The number of aromatic hydroxyl groups is 1. The molecule has 3 N–H and O–H groups in total. The number of nitrogens with one attached hydrogen (secondary N) is 1. The van der Waals surface area contributed by atoms with Crippen molar-refractivity contribution < 1.29 is 15.0 Å². The van der Waals surface area contributed by atoms with Crippen LogP contribution >= 0.6 is 0 Å². The van der Waals surface area contributed by atoms with Crippen LogP contribution in [-0.4, -0.2) is 53.3 Å². The number of likely N-dealkylation sites (N-methyl/N-ethyl adjacent to an activating group) is 1. The van der Waals surface area contributed by atoms with Crippen LogP contribution in [-0.2, 0) is 0 Å². The third kappa shape index (κ3) is 2.34. The Balaban J connectivity index is 1.96. The van der Waals surface area contributed by atoms with Gasteiger partial charge in [-0.05, 0) is 11.5 Å². The van der Waals surface area contributed by atoms with Crippen LogP contribution in [0.25, 0.3) is 10.8 Å². The number of nitrogens with zero attached hydrogens (tertiary/aromatic N) is 1. The molecule has 1 aliphatic heterocycles. The summed E-state index contributed by atoms with van der Waals surface area (Å²) in [5.41, 5.74) is 0.260. The first-order chi connectivity index (χ1) is 10.1. The molecule has 0 radical (unpaired) electrons. The van der Waals surface area contributed by atoms with Gasteiger partial charge >= 0.3 is 0 Å². The third-order valence-corrected chi connectivity index (χ3v) is 4.10. The van der Waals surface area contributed by atoms with Crippen molar-refractivity contribution in [1.82, 2.24) is 10.2 Å². The van der Waals surface area contributed by atoms with E-state index in [4.69, 9.17) is 0 Å². The van der Waals surface area contributed by atoms with Crippen LogP contribution in [0, 0.1) is 0 Å². The maximum atomic E-state index is 12.6. The average Bonchev–Trinajstić information content (AvgIpc) is 2.92. The van der Waals surface area contributed by atoms with Crippen molar-refractivity contribution in [3.63, 3.8) is 0 Å². The maximum absolute atomic E-state index is 12.6. The van der Waals surface area contributed by atoms with Gasteiger partial charge in [0, 0.05) is 25.5 Å². The van der Waals surface area contributed by atoms with Crippen molar-refractivity contribution in [2.75, 3.05) is 20.1 Å². The molecule has 0 aliphatic carbocycles. The van der Waals surface area contributed by atoms with Gasteiger partial charge in [0.1, 0.15) is 5.75 Å². The van der Waals surface area contributed by atoms with Gasteiger partial charge in [0.2, 0.25) is 0 Å². The second kappa shape index (κ2) is 5.35. The summed E-state index contributed by atoms with van der Waals surface area (Å²) >= 11 is 0. The molecule has 0 saturated carbocycles. The number of aliphatic hydroxyl groups excluding tert-OH is 1. The number of phenols is 1. The zero-order valence-electron chi connectivity index (χ0n) is 11.8. The zero-order valence-corrected chi connectivity index (χ0v) is 11.8. The number of hydrogen-bond donors (Lipinski definition) is 3. The Morgan fingerprint density at radius 1 is 1.24 bits per heavy atom. The summed E-state index contributed by atoms with van der Waals surface area (Å²) in [4.78, 5) is 14.1. The van der Waals surface area contributed by atoms with Crippen LogP contribution in [0.2, 0.25) is 0 Å². The molecule has 110 valence electrons. The molecule has 2 aromatic carbocycles. The molecule has 0 aromatic heterocycles. The van der Waals surface area contributed by atoms with E-state index in [1.54, 1.807) is 19.2 Å². The number of amides is 1. The molecule has 1 saturated heterocycles. The molecule has 2 aromatic rings. The molecule has 5 nitrogen and oxygen atoms in total. The molecule has 3 rings (SSSR count). The number of carbonyl (C=O) groups is 1. The van der Waals surface area contributed by atoms with E-state index in [1.165, 1.54) is 4.90 Å². The highest BCUT2D eigenvalue weighted by Crippen LogP contribution is 2.29. The van der Waals surface area contributed by atoms with Gasteiger partial charge < -0.3 is 20.4 Å². The maximum Gasteiger partial charge on any atom is 0.257 e. The molecule has 1 fully saturated rings. The van der Waals surface area contributed by atoms with Gasteiger partial charge in [0.15, 0.2) is 0 Å². The van der Waals surface area contributed by atoms with Crippen LogP contribution in [0.5, 0.6) is 5.75 Å². The van der Waals surface area contributed by atoms with E-state index < -0.39 is 6.10 Å². The summed E-state index contributed by atoms with van der Waals surface area (Å²) < 4.78 is 0. The van der Waals surface area contributed by atoms with Crippen molar-refractivity contribution in [1.29, 1.82) is 0 Å². The number of aliphatic hydroxyl groups is 1. The quantitative estimate of drug-likeness (QED) is 0.768. The number of fused-ring (bicyclic) bond motifs is 1. The molecule has 0 spiro atoms. The number of benzene rings is 2. The fraction of sp³-hybridized carbons (Fsp3) is 0.312. The van der Waals surface area contributed by atoms with E-state index in [1.807, 2.05) is 24.3 Å². The number of rotatable bonds is 2. The van der Waals surface area contributed by atoms with Gasteiger partial charge in [-0.1, -0.05) is 30.3 Å². The molecule has 2 atom stereocenters. The highest BCUT2D eigenvalue weighted by molar-refractivity contribution is 6.03. The largest absolute Gasteiger partial charge is 0.506 e. The first kappa shape index (κ1) is 13.9. The fourth-order valence-electron chi connectivity index (χ4n) is 2.81. The lowest BCUT2D eigenvalue weighted by molar-refractivity contribution is 0.0578. The van der Waals surface area contributed by atoms with E-state index in [0.717, 1.165) is 5.39 Å². The van der Waals surface area contributed by atoms with E-state index >= 15 is 0 Å². The van der Waals surface area contributed by atoms with Crippen molar-refractivity contribution in [3.8, 4) is 5.75 Å². The minimum atomic E-state index is -0.582. The van der Waals surface area contributed by atoms with Crippen LogP contribution in [0.4, 0.5) is 0 Å². The number of β-amino-alcohol motifs (C(OH)–C–C–N with tert-alkyl or cyclic N) is 1. The first-order valence-electron chi connectivity index (χ1n) is 6.96. The van der Waals surface area contributed by atoms with Crippen LogP contribution in [0.15, 0.2) is 36.4 Å². The minimum Gasteiger partial charge on any atom is -0.506 e. The van der Waals surface area contributed by atoms with Gasteiger partial charge in [-0.2, -0.15) is 0 Å². The molecule has 1 heterocycles. The lowest BCUT2D eigenvalue weighted by Gasteiger charge is -2.26. The molecule has 21 heavy (non-hydrogen) atoms. The van der Waals surface area contributed by atoms with Crippen molar-refractivity contribution in [2.45, 2.75) is 12.1 Å². The van der Waals surface area contributed by atoms with Crippen LogP contribution in [0.3, 0.4) is 0 Å². The summed E-state index contributed by atoms with van der Waals surface area (Å²) in [5.74, 6) is -0.295. The standard InChI is InChI=1S/C16H18N2O3/c1-18(13-8-17-9-14(13)19)16(21)12-7-6-10-4-2-3-5-11(10)15(12)20/h2-7,13-14,17,19-20H,8-9H2,1H3/t13-,14-/m1/s1. The average molecular weight is 286 g/mol.